The van der Waals surface area contributed by atoms with Crippen molar-refractivity contribution in [2.45, 2.75) is 26.2 Å². The molecular formula is C10H16N2O3. The molecule has 0 fully saturated rings. The van der Waals surface area contributed by atoms with E-state index in [1.807, 2.05) is 13.8 Å². The van der Waals surface area contributed by atoms with Crippen LogP contribution in [0.4, 0.5) is 5.82 Å². The highest BCUT2D eigenvalue weighted by molar-refractivity contribution is 5.87. The number of methoxy groups -OCH3 is 1. The smallest absolute Gasteiger partial charge is 0.222 e. The van der Waals surface area contributed by atoms with Crippen LogP contribution in [0.2, 0.25) is 0 Å². The Balaban J connectivity index is 2.78. The van der Waals surface area contributed by atoms with Crippen LogP contribution in [0.25, 0.3) is 0 Å². The van der Waals surface area contributed by atoms with E-state index in [0.29, 0.717) is 18.2 Å². The van der Waals surface area contributed by atoms with Crippen molar-refractivity contribution in [2.75, 3.05) is 19.0 Å². The number of anilines is 1. The van der Waals surface area contributed by atoms with Gasteiger partial charge in [-0.05, 0) is 0 Å². The Labute approximate surface area is 88.8 Å². The van der Waals surface area contributed by atoms with E-state index in [4.69, 9.17) is 9.26 Å². The number of rotatable bonds is 4. The monoisotopic (exact) mass is 212 g/mol. The van der Waals surface area contributed by atoms with E-state index in [9.17, 15) is 4.79 Å². The quantitative estimate of drug-likeness (QED) is 0.822. The SMILES string of the molecule is COCC(C)(C)c1cc(NC(C)=O)no1. The van der Waals surface area contributed by atoms with Gasteiger partial charge < -0.3 is 14.6 Å². The molecule has 0 saturated carbocycles. The van der Waals surface area contributed by atoms with Gasteiger partial charge in [0.1, 0.15) is 5.76 Å². The van der Waals surface area contributed by atoms with Gasteiger partial charge in [0.05, 0.1) is 6.61 Å². The number of carbonyl (C=O) groups excluding carboxylic acids is 1. The van der Waals surface area contributed by atoms with E-state index in [1.165, 1.54) is 6.92 Å². The standard InChI is InChI=1S/C10H16N2O3/c1-7(13)11-9-5-8(15-12-9)10(2,3)6-14-4/h5H,6H2,1-4H3,(H,11,12,13). The molecule has 0 spiro atoms. The highest BCUT2D eigenvalue weighted by Crippen LogP contribution is 2.25. The highest BCUT2D eigenvalue weighted by atomic mass is 16.5. The molecule has 0 unspecified atom stereocenters. The first-order valence-corrected chi connectivity index (χ1v) is 4.69. The van der Waals surface area contributed by atoms with Crippen molar-refractivity contribution in [1.82, 2.24) is 5.16 Å². The molecule has 1 rings (SSSR count). The highest BCUT2D eigenvalue weighted by Gasteiger charge is 2.25. The van der Waals surface area contributed by atoms with Crippen molar-refractivity contribution < 1.29 is 14.1 Å². The minimum atomic E-state index is -0.252. The zero-order chi connectivity index (χ0) is 11.5. The summed E-state index contributed by atoms with van der Waals surface area (Å²) in [7, 11) is 1.63. The van der Waals surface area contributed by atoms with Crippen LogP contribution in [-0.4, -0.2) is 24.8 Å². The maximum absolute atomic E-state index is 10.8. The lowest BCUT2D eigenvalue weighted by Gasteiger charge is -2.19. The van der Waals surface area contributed by atoms with E-state index >= 15 is 0 Å². The number of aromatic nitrogens is 1. The summed E-state index contributed by atoms with van der Waals surface area (Å²) in [6.45, 7) is 5.92. The molecule has 1 heterocycles. The van der Waals surface area contributed by atoms with E-state index in [-0.39, 0.29) is 11.3 Å². The Morgan fingerprint density at radius 3 is 2.87 bits per heavy atom. The molecule has 1 aromatic rings. The number of hydrogen-bond acceptors (Lipinski definition) is 4. The lowest BCUT2D eigenvalue weighted by Crippen LogP contribution is -2.22. The summed E-state index contributed by atoms with van der Waals surface area (Å²) in [5.41, 5.74) is -0.252. The van der Waals surface area contributed by atoms with Gasteiger partial charge in [0.25, 0.3) is 0 Å². The van der Waals surface area contributed by atoms with Crippen molar-refractivity contribution in [2.24, 2.45) is 0 Å². The van der Waals surface area contributed by atoms with Crippen LogP contribution in [0.15, 0.2) is 10.6 Å². The molecule has 0 aliphatic rings. The Kier molecular flexibility index (Phi) is 3.47. The molecule has 1 aromatic heterocycles. The lowest BCUT2D eigenvalue weighted by molar-refractivity contribution is -0.114. The van der Waals surface area contributed by atoms with Crippen LogP contribution in [-0.2, 0) is 14.9 Å². The fraction of sp³-hybridized carbons (Fsp3) is 0.600. The van der Waals surface area contributed by atoms with Gasteiger partial charge >= 0.3 is 0 Å². The molecule has 15 heavy (non-hydrogen) atoms. The fourth-order valence-electron chi connectivity index (χ4n) is 1.27. The lowest BCUT2D eigenvalue weighted by atomic mass is 9.91. The molecule has 5 nitrogen and oxygen atoms in total. The second kappa shape index (κ2) is 4.44. The predicted molar refractivity (Wildman–Crippen MR) is 55.7 cm³/mol. The van der Waals surface area contributed by atoms with Gasteiger partial charge in [-0.25, -0.2) is 0 Å². The number of nitrogens with zero attached hydrogens (tertiary/aromatic N) is 1. The summed E-state index contributed by atoms with van der Waals surface area (Å²) in [5.74, 6) is 0.953. The molecular weight excluding hydrogens is 196 g/mol. The summed E-state index contributed by atoms with van der Waals surface area (Å²) in [5, 5.41) is 6.30. The van der Waals surface area contributed by atoms with Crippen LogP contribution >= 0.6 is 0 Å². The first-order valence-electron chi connectivity index (χ1n) is 4.69. The third-order valence-electron chi connectivity index (χ3n) is 1.99. The van der Waals surface area contributed by atoms with Crippen LogP contribution in [0.1, 0.15) is 26.5 Å². The number of hydrogen-bond donors (Lipinski definition) is 1. The van der Waals surface area contributed by atoms with Gasteiger partial charge in [-0.3, -0.25) is 4.79 Å². The van der Waals surface area contributed by atoms with E-state index in [1.54, 1.807) is 13.2 Å². The largest absolute Gasteiger partial charge is 0.384 e. The van der Waals surface area contributed by atoms with Crippen LogP contribution < -0.4 is 5.32 Å². The van der Waals surface area contributed by atoms with Gasteiger partial charge in [-0.2, -0.15) is 0 Å². The third kappa shape index (κ3) is 3.06. The molecule has 0 aliphatic heterocycles. The second-order valence-electron chi connectivity index (χ2n) is 4.07. The average Bonchev–Trinajstić information content (AvgIpc) is 2.51. The summed E-state index contributed by atoms with van der Waals surface area (Å²) in [6, 6.07) is 1.71. The maximum Gasteiger partial charge on any atom is 0.222 e. The number of nitrogens with one attached hydrogen (secondary N) is 1. The minimum absolute atomic E-state index is 0.167. The van der Waals surface area contributed by atoms with Crippen LogP contribution in [0.5, 0.6) is 0 Å². The Morgan fingerprint density at radius 1 is 1.67 bits per heavy atom. The van der Waals surface area contributed by atoms with E-state index in [2.05, 4.69) is 10.5 Å². The molecule has 0 saturated heterocycles. The minimum Gasteiger partial charge on any atom is -0.384 e. The summed E-state index contributed by atoms with van der Waals surface area (Å²) in [4.78, 5) is 10.8. The maximum atomic E-state index is 10.8. The summed E-state index contributed by atoms with van der Waals surface area (Å²) < 4.78 is 10.2. The third-order valence-corrected chi connectivity index (χ3v) is 1.99. The molecule has 0 atom stereocenters. The van der Waals surface area contributed by atoms with Gasteiger partial charge in [-0.1, -0.05) is 19.0 Å². The molecule has 5 heteroatoms. The Hall–Kier alpha value is -1.36. The van der Waals surface area contributed by atoms with Gasteiger partial charge in [0.15, 0.2) is 5.82 Å². The van der Waals surface area contributed by atoms with Crippen molar-refractivity contribution in [1.29, 1.82) is 0 Å². The first kappa shape index (κ1) is 11.7. The molecule has 84 valence electrons. The van der Waals surface area contributed by atoms with Gasteiger partial charge in [-0.15, -0.1) is 0 Å². The fourth-order valence-corrected chi connectivity index (χ4v) is 1.27. The molecule has 0 aromatic carbocycles. The number of ether oxygens (including phenoxy) is 1. The van der Waals surface area contributed by atoms with Crippen molar-refractivity contribution in [3.63, 3.8) is 0 Å². The van der Waals surface area contributed by atoms with Gasteiger partial charge in [0, 0.05) is 25.5 Å². The Morgan fingerprint density at radius 2 is 2.33 bits per heavy atom. The topological polar surface area (TPSA) is 64.4 Å². The van der Waals surface area contributed by atoms with Crippen LogP contribution in [0, 0.1) is 0 Å². The summed E-state index contributed by atoms with van der Waals surface area (Å²) in [6.07, 6.45) is 0. The summed E-state index contributed by atoms with van der Waals surface area (Å²) >= 11 is 0. The van der Waals surface area contributed by atoms with Crippen LogP contribution in [0.3, 0.4) is 0 Å². The van der Waals surface area contributed by atoms with Crippen molar-refractivity contribution in [3.8, 4) is 0 Å². The van der Waals surface area contributed by atoms with Crippen molar-refractivity contribution >= 4 is 11.7 Å². The predicted octanol–water partition coefficient (Wildman–Crippen LogP) is 1.56. The van der Waals surface area contributed by atoms with Gasteiger partial charge in [0.2, 0.25) is 5.91 Å². The van der Waals surface area contributed by atoms with E-state index in [0.717, 1.165) is 0 Å². The molecule has 0 bridgehead atoms. The number of amides is 1. The second-order valence-corrected chi connectivity index (χ2v) is 4.07. The van der Waals surface area contributed by atoms with E-state index < -0.39 is 0 Å². The normalized spacial score (nSPS) is 11.5. The molecule has 0 aliphatic carbocycles. The Bertz CT molecular complexity index is 344. The molecule has 1 amide bonds. The molecule has 1 N–H and O–H groups in total. The average molecular weight is 212 g/mol. The molecule has 0 radical (unpaired) electrons. The number of carbonyl (C=O) groups is 1. The van der Waals surface area contributed by atoms with Crippen molar-refractivity contribution in [3.05, 3.63) is 11.8 Å². The zero-order valence-electron chi connectivity index (χ0n) is 9.46. The first-order chi connectivity index (χ1) is 6.95. The zero-order valence-corrected chi connectivity index (χ0v) is 9.46.